The van der Waals surface area contributed by atoms with Crippen molar-refractivity contribution in [1.29, 1.82) is 0 Å². The zero-order valence-electron chi connectivity index (χ0n) is 29.2. The van der Waals surface area contributed by atoms with Crippen LogP contribution in [0.2, 0.25) is 0 Å². The number of halogens is 1. The van der Waals surface area contributed by atoms with E-state index >= 15 is 0 Å². The van der Waals surface area contributed by atoms with Crippen LogP contribution >= 0.6 is 0 Å². The molecule has 3 aliphatic rings. The van der Waals surface area contributed by atoms with Crippen LogP contribution in [0.15, 0.2) is 28.7 Å². The first-order valence-electron chi connectivity index (χ1n) is 17.7. The molecule has 11 nitrogen and oxygen atoms in total. The number of nitrogens with two attached hydrogens (primary N) is 1. The summed E-state index contributed by atoms with van der Waals surface area (Å²) in [6, 6.07) is 5.79. The molecule has 5 rings (SSSR count). The van der Waals surface area contributed by atoms with Crippen LogP contribution < -0.4 is 11.1 Å². The van der Waals surface area contributed by atoms with Gasteiger partial charge in [0, 0.05) is 36.7 Å². The third kappa shape index (κ3) is 8.81. The van der Waals surface area contributed by atoms with Crippen LogP contribution in [0.5, 0.6) is 0 Å². The van der Waals surface area contributed by atoms with Crippen molar-refractivity contribution < 1.29 is 42.2 Å². The minimum Gasteiger partial charge on any atom is -0.449 e. The molecule has 0 spiro atoms. The molecule has 1 aromatic carbocycles. The van der Waals surface area contributed by atoms with E-state index in [1.165, 1.54) is 6.07 Å². The number of furan rings is 1. The van der Waals surface area contributed by atoms with Gasteiger partial charge in [0.1, 0.15) is 11.6 Å². The summed E-state index contributed by atoms with van der Waals surface area (Å²) >= 11 is 0. The topological polar surface area (TPSA) is 150 Å². The number of carbonyl (C=O) groups is 4. The van der Waals surface area contributed by atoms with Crippen molar-refractivity contribution in [2.75, 3.05) is 32.4 Å². The van der Waals surface area contributed by atoms with Crippen molar-refractivity contribution in [3.05, 3.63) is 30.0 Å². The molecule has 2 saturated carbocycles. The predicted octanol–water partition coefficient (Wildman–Crippen LogP) is 5.99. The maximum absolute atomic E-state index is 14.2. The second-order valence-electron chi connectivity index (χ2n) is 15.0. The largest absolute Gasteiger partial charge is 0.449 e. The number of alkyl halides is 1. The van der Waals surface area contributed by atoms with E-state index in [9.17, 15) is 23.6 Å². The Morgan fingerprint density at radius 3 is 2.37 bits per heavy atom. The van der Waals surface area contributed by atoms with E-state index in [1.54, 1.807) is 46.1 Å². The van der Waals surface area contributed by atoms with Gasteiger partial charge in [-0.25, -0.2) is 4.79 Å². The lowest BCUT2D eigenvalue weighted by Gasteiger charge is -2.37. The van der Waals surface area contributed by atoms with E-state index in [0.29, 0.717) is 48.4 Å². The number of ether oxygens (including phenoxy) is 3. The minimum absolute atomic E-state index is 0.0207. The number of hydrogen-bond acceptors (Lipinski definition) is 9. The number of fused-ring (bicyclic) bond motifs is 1. The molecule has 270 valence electrons. The number of esters is 2. The number of rotatable bonds is 11. The van der Waals surface area contributed by atoms with Crippen LogP contribution in [-0.4, -0.2) is 74.0 Å². The normalized spacial score (nSPS) is 26.7. The first kappa shape index (κ1) is 36.8. The smallest absolute Gasteiger partial charge is 0.377 e. The summed E-state index contributed by atoms with van der Waals surface area (Å²) in [5.41, 5.74) is 6.41. The number of methoxy groups -OCH3 is 1. The van der Waals surface area contributed by atoms with Crippen molar-refractivity contribution in [3.8, 4) is 0 Å². The molecule has 0 bridgehead atoms. The van der Waals surface area contributed by atoms with Gasteiger partial charge in [-0.15, -0.1) is 0 Å². The van der Waals surface area contributed by atoms with Gasteiger partial charge in [0.2, 0.25) is 24.4 Å². The van der Waals surface area contributed by atoms with Crippen molar-refractivity contribution in [2.24, 2.45) is 34.8 Å². The molecule has 1 aromatic heterocycles. The van der Waals surface area contributed by atoms with E-state index in [0.717, 1.165) is 44.9 Å². The van der Waals surface area contributed by atoms with Crippen LogP contribution in [0.1, 0.15) is 95.5 Å². The van der Waals surface area contributed by atoms with Crippen LogP contribution in [0.25, 0.3) is 11.0 Å². The van der Waals surface area contributed by atoms with E-state index in [2.05, 4.69) is 5.32 Å². The minimum atomic E-state index is -0.784. The quantitative estimate of drug-likeness (QED) is 0.215. The van der Waals surface area contributed by atoms with Gasteiger partial charge in [-0.2, -0.15) is 0 Å². The van der Waals surface area contributed by atoms with Crippen molar-refractivity contribution in [1.82, 2.24) is 4.90 Å². The average molecular weight is 686 g/mol. The zero-order valence-corrected chi connectivity index (χ0v) is 29.2. The van der Waals surface area contributed by atoms with Gasteiger partial charge in [-0.3, -0.25) is 18.8 Å². The van der Waals surface area contributed by atoms with Gasteiger partial charge in [0.05, 0.1) is 18.2 Å². The Kier molecular flexibility index (Phi) is 12.0. The number of likely N-dealkylation sites (tertiary alicyclic amines) is 1. The number of benzene rings is 1. The highest BCUT2D eigenvalue weighted by molar-refractivity contribution is 6.00. The third-order valence-corrected chi connectivity index (χ3v) is 10.8. The molecule has 3 N–H and O–H groups in total. The van der Waals surface area contributed by atoms with Crippen LogP contribution in [-0.2, 0) is 28.6 Å². The third-order valence-electron chi connectivity index (χ3n) is 10.8. The number of anilines is 1. The summed E-state index contributed by atoms with van der Waals surface area (Å²) in [6.45, 7) is 4.65. The second-order valence-corrected chi connectivity index (χ2v) is 15.0. The van der Waals surface area contributed by atoms with E-state index in [1.807, 2.05) is 4.90 Å². The number of nitrogens with one attached hydrogen (secondary N) is 1. The van der Waals surface area contributed by atoms with Crippen LogP contribution in [0, 0.1) is 29.1 Å². The molecule has 1 aliphatic heterocycles. The molecule has 0 radical (unpaired) electrons. The highest BCUT2D eigenvalue weighted by Gasteiger charge is 2.47. The van der Waals surface area contributed by atoms with Crippen molar-refractivity contribution in [2.45, 2.75) is 103 Å². The van der Waals surface area contributed by atoms with E-state index < -0.39 is 36.9 Å². The number of amides is 2. The lowest BCUT2D eigenvalue weighted by molar-refractivity contribution is -0.161. The Labute approximate surface area is 287 Å². The Morgan fingerprint density at radius 1 is 1.00 bits per heavy atom. The molecule has 2 aliphatic carbocycles. The lowest BCUT2D eigenvalue weighted by Crippen LogP contribution is -2.50. The first-order valence-corrected chi connectivity index (χ1v) is 17.7. The SMILES string of the molecule is COC1CCC([C@@H]2CCN(C(=O)[C@H]3CC[C@H]([C@H](N)CCF)CC3)[C@@H]2C(=O)Nc2ccc3oc(C(=O)OCOC(=O)C(C)(C)C)cc3c2)CC1. The molecule has 0 unspecified atom stereocenters. The molecule has 3 fully saturated rings. The van der Waals surface area contributed by atoms with Gasteiger partial charge in [-0.05, 0) is 127 Å². The van der Waals surface area contributed by atoms with Gasteiger partial charge in [0.25, 0.3) is 0 Å². The Morgan fingerprint density at radius 2 is 1.71 bits per heavy atom. The lowest BCUT2D eigenvalue weighted by atomic mass is 9.75. The highest BCUT2D eigenvalue weighted by atomic mass is 19.1. The van der Waals surface area contributed by atoms with Crippen molar-refractivity contribution in [3.63, 3.8) is 0 Å². The summed E-state index contributed by atoms with van der Waals surface area (Å²) in [6.07, 6.45) is 8.05. The summed E-state index contributed by atoms with van der Waals surface area (Å²) in [5, 5.41) is 3.64. The molecule has 2 amide bonds. The fraction of sp³-hybridized carbons (Fsp3) is 0.676. The molecule has 2 heterocycles. The van der Waals surface area contributed by atoms with Crippen LogP contribution in [0.3, 0.4) is 0 Å². The van der Waals surface area contributed by atoms with E-state index in [4.69, 9.17) is 24.4 Å². The van der Waals surface area contributed by atoms with Gasteiger partial charge in [-0.1, -0.05) is 0 Å². The monoisotopic (exact) mass is 685 g/mol. The Bertz CT molecular complexity index is 1470. The van der Waals surface area contributed by atoms with Gasteiger partial charge in [0.15, 0.2) is 0 Å². The Balaban J connectivity index is 1.28. The molecular formula is C37H52FN3O8. The predicted molar refractivity (Wildman–Crippen MR) is 181 cm³/mol. The molecule has 1 saturated heterocycles. The molecule has 2 aromatic rings. The molecule has 49 heavy (non-hydrogen) atoms. The van der Waals surface area contributed by atoms with Gasteiger partial charge < -0.3 is 34.6 Å². The van der Waals surface area contributed by atoms with Gasteiger partial charge >= 0.3 is 11.9 Å². The fourth-order valence-corrected chi connectivity index (χ4v) is 7.90. The summed E-state index contributed by atoms with van der Waals surface area (Å²) in [7, 11) is 1.74. The summed E-state index contributed by atoms with van der Waals surface area (Å²) in [4.78, 5) is 54.6. The summed E-state index contributed by atoms with van der Waals surface area (Å²) in [5.74, 6) is -1.18. The number of nitrogens with zero attached hydrogens (tertiary/aromatic N) is 1. The van der Waals surface area contributed by atoms with E-state index in [-0.39, 0.29) is 47.5 Å². The number of carbonyl (C=O) groups excluding carboxylic acids is 4. The second kappa shape index (κ2) is 16.0. The number of hydrogen-bond donors (Lipinski definition) is 2. The molecular weight excluding hydrogens is 633 g/mol. The van der Waals surface area contributed by atoms with Crippen LogP contribution in [0.4, 0.5) is 10.1 Å². The Hall–Kier alpha value is -3.51. The average Bonchev–Trinajstić information content (AvgIpc) is 3.73. The maximum atomic E-state index is 14.2. The zero-order chi connectivity index (χ0) is 35.3. The van der Waals surface area contributed by atoms with Crippen molar-refractivity contribution >= 4 is 40.4 Å². The first-order chi connectivity index (χ1) is 23.4. The summed E-state index contributed by atoms with van der Waals surface area (Å²) < 4.78 is 34.2. The maximum Gasteiger partial charge on any atom is 0.377 e. The standard InChI is InChI=1S/C37H52FN3O8/c1-37(2,3)36(45)48-21-47-35(44)31-20-25-19-26(11-14-30(25)49-31)40-33(42)32-28(22-9-12-27(46-4)13-10-22)16-18-41(32)34(43)24-7-5-23(6-8-24)29(39)15-17-38/h11,14,19-20,22-24,27-29,32H,5-10,12-13,15-18,21,39H2,1-4H3,(H,40,42)/t22?,23-,24-,27?,28-,29+,32-/m0/s1. The molecule has 3 atom stereocenters. The highest BCUT2D eigenvalue weighted by Crippen LogP contribution is 2.42. The molecule has 12 heteroatoms. The fourth-order valence-electron chi connectivity index (χ4n) is 7.90.